The summed E-state index contributed by atoms with van der Waals surface area (Å²) < 4.78 is 1.58. The largest absolute Gasteiger partial charge is 0.336 e. The van der Waals surface area contributed by atoms with Crippen molar-refractivity contribution in [2.75, 3.05) is 6.54 Å². The Morgan fingerprint density at radius 1 is 1.33 bits per heavy atom. The number of hydrogen-bond acceptors (Lipinski definition) is 4. The summed E-state index contributed by atoms with van der Waals surface area (Å²) in [4.78, 5) is 26.1. The number of H-pyrrole nitrogens is 1. The third-order valence-corrected chi connectivity index (χ3v) is 4.74. The summed E-state index contributed by atoms with van der Waals surface area (Å²) >= 11 is 0. The second kappa shape index (κ2) is 6.98. The maximum atomic E-state index is 13.0. The lowest BCUT2D eigenvalue weighted by Crippen LogP contribution is -2.41. The van der Waals surface area contributed by atoms with Crippen LogP contribution in [0, 0.1) is 6.92 Å². The van der Waals surface area contributed by atoms with Crippen molar-refractivity contribution < 1.29 is 4.79 Å². The summed E-state index contributed by atoms with van der Waals surface area (Å²) in [5, 5.41) is 10.6. The normalized spacial score (nSPS) is 15.4. The van der Waals surface area contributed by atoms with Gasteiger partial charge >= 0.3 is 0 Å². The van der Waals surface area contributed by atoms with E-state index in [1.807, 2.05) is 18.7 Å². The Hall–Kier alpha value is -2.44. The number of nitrogens with zero attached hydrogens (tertiary/aromatic N) is 4. The van der Waals surface area contributed by atoms with Gasteiger partial charge in [-0.1, -0.05) is 19.3 Å². The van der Waals surface area contributed by atoms with Crippen LogP contribution in [0.25, 0.3) is 5.82 Å². The Morgan fingerprint density at radius 3 is 2.71 bits per heavy atom. The van der Waals surface area contributed by atoms with E-state index in [1.165, 1.54) is 25.3 Å². The molecule has 1 aliphatic carbocycles. The molecule has 3 rings (SSSR count). The lowest BCUT2D eigenvalue weighted by Gasteiger charge is -2.33. The lowest BCUT2D eigenvalue weighted by atomic mass is 9.93. The van der Waals surface area contributed by atoms with Crippen LogP contribution in [0.5, 0.6) is 0 Å². The van der Waals surface area contributed by atoms with E-state index >= 15 is 0 Å². The molecule has 1 N–H and O–H groups in total. The molecule has 0 radical (unpaired) electrons. The van der Waals surface area contributed by atoms with Crippen molar-refractivity contribution in [3.8, 4) is 5.82 Å². The molecule has 0 aromatic carbocycles. The van der Waals surface area contributed by atoms with Crippen LogP contribution in [-0.2, 0) is 0 Å². The Balaban J connectivity index is 1.87. The first-order valence-electron chi connectivity index (χ1n) is 8.53. The SMILES string of the molecule is CCN(C(=O)c1cnn(-c2ccc(=O)[nH]n2)c1C)C1CCCCC1. The highest BCUT2D eigenvalue weighted by Gasteiger charge is 2.27. The summed E-state index contributed by atoms with van der Waals surface area (Å²) in [5.74, 6) is 0.518. The molecule has 0 unspecified atom stereocenters. The summed E-state index contributed by atoms with van der Waals surface area (Å²) in [6.07, 6.45) is 7.39. The number of aromatic amines is 1. The van der Waals surface area contributed by atoms with Gasteiger partial charge < -0.3 is 4.90 Å². The van der Waals surface area contributed by atoms with E-state index in [9.17, 15) is 9.59 Å². The van der Waals surface area contributed by atoms with Gasteiger partial charge in [-0.2, -0.15) is 10.2 Å². The Bertz CT molecular complexity index is 753. The van der Waals surface area contributed by atoms with Crippen molar-refractivity contribution in [3.05, 3.63) is 39.9 Å². The fraction of sp³-hybridized carbons (Fsp3) is 0.529. The van der Waals surface area contributed by atoms with Gasteiger partial charge in [0.25, 0.3) is 11.5 Å². The van der Waals surface area contributed by atoms with Gasteiger partial charge in [-0.15, -0.1) is 0 Å². The molecule has 24 heavy (non-hydrogen) atoms. The molecule has 1 aliphatic rings. The first-order valence-corrected chi connectivity index (χ1v) is 8.53. The molecule has 0 bridgehead atoms. The highest BCUT2D eigenvalue weighted by atomic mass is 16.2. The number of rotatable bonds is 4. The molecule has 2 heterocycles. The fourth-order valence-corrected chi connectivity index (χ4v) is 3.42. The number of nitrogens with one attached hydrogen (secondary N) is 1. The minimum Gasteiger partial charge on any atom is -0.336 e. The number of carbonyl (C=O) groups excluding carboxylic acids is 1. The van der Waals surface area contributed by atoms with Gasteiger partial charge in [-0.3, -0.25) is 9.59 Å². The minimum absolute atomic E-state index is 0.0255. The first-order chi connectivity index (χ1) is 11.6. The maximum Gasteiger partial charge on any atom is 0.264 e. The zero-order valence-corrected chi connectivity index (χ0v) is 14.2. The Labute approximate surface area is 140 Å². The van der Waals surface area contributed by atoms with Gasteiger partial charge in [-0.05, 0) is 32.8 Å². The van der Waals surface area contributed by atoms with Gasteiger partial charge in [0.1, 0.15) is 0 Å². The summed E-state index contributed by atoms with van der Waals surface area (Å²) in [5.41, 5.74) is 1.05. The Kier molecular flexibility index (Phi) is 4.78. The van der Waals surface area contributed by atoms with Crippen molar-refractivity contribution in [1.29, 1.82) is 0 Å². The molecule has 1 amide bonds. The summed E-state index contributed by atoms with van der Waals surface area (Å²) in [7, 11) is 0. The highest BCUT2D eigenvalue weighted by Crippen LogP contribution is 2.24. The molecule has 128 valence electrons. The summed E-state index contributed by atoms with van der Waals surface area (Å²) in [6, 6.07) is 3.31. The first kappa shape index (κ1) is 16.4. The van der Waals surface area contributed by atoms with E-state index in [0.717, 1.165) is 18.5 Å². The van der Waals surface area contributed by atoms with Crippen molar-refractivity contribution in [3.63, 3.8) is 0 Å². The molecule has 0 saturated heterocycles. The minimum atomic E-state index is -0.269. The van der Waals surface area contributed by atoms with Crippen molar-refractivity contribution in [2.24, 2.45) is 0 Å². The van der Waals surface area contributed by atoms with E-state index in [1.54, 1.807) is 16.9 Å². The van der Waals surface area contributed by atoms with Gasteiger partial charge in [0.05, 0.1) is 17.5 Å². The molecule has 2 aromatic rings. The van der Waals surface area contributed by atoms with Crippen LogP contribution in [-0.4, -0.2) is 43.4 Å². The van der Waals surface area contributed by atoms with E-state index in [4.69, 9.17) is 0 Å². The van der Waals surface area contributed by atoms with Crippen LogP contribution < -0.4 is 5.56 Å². The highest BCUT2D eigenvalue weighted by molar-refractivity contribution is 5.95. The van der Waals surface area contributed by atoms with Gasteiger partial charge in [0, 0.05) is 18.7 Å². The van der Waals surface area contributed by atoms with Crippen molar-refractivity contribution in [2.45, 2.75) is 52.0 Å². The fourth-order valence-electron chi connectivity index (χ4n) is 3.42. The molecule has 1 fully saturated rings. The quantitative estimate of drug-likeness (QED) is 0.930. The monoisotopic (exact) mass is 329 g/mol. The van der Waals surface area contributed by atoms with Crippen LogP contribution in [0.3, 0.4) is 0 Å². The van der Waals surface area contributed by atoms with E-state index < -0.39 is 0 Å². The average molecular weight is 329 g/mol. The average Bonchev–Trinajstić information content (AvgIpc) is 2.99. The number of carbonyl (C=O) groups is 1. The van der Waals surface area contributed by atoms with Crippen LogP contribution in [0.1, 0.15) is 55.1 Å². The molecule has 1 saturated carbocycles. The van der Waals surface area contributed by atoms with Crippen LogP contribution in [0.2, 0.25) is 0 Å². The molecular formula is C17H23N5O2. The second-order valence-electron chi connectivity index (χ2n) is 6.22. The standard InChI is InChI=1S/C17H23N5O2/c1-3-21(13-7-5-4-6-8-13)17(24)14-11-18-22(12(14)2)15-9-10-16(23)20-19-15/h9-11,13H,3-8H2,1-2H3,(H,20,23). The van der Waals surface area contributed by atoms with Crippen LogP contribution >= 0.6 is 0 Å². The van der Waals surface area contributed by atoms with Crippen LogP contribution in [0.4, 0.5) is 0 Å². The second-order valence-corrected chi connectivity index (χ2v) is 6.22. The number of aromatic nitrogens is 4. The lowest BCUT2D eigenvalue weighted by molar-refractivity contribution is 0.0647. The molecule has 0 spiro atoms. The third kappa shape index (κ3) is 3.11. The zero-order valence-electron chi connectivity index (χ0n) is 14.2. The van der Waals surface area contributed by atoms with Crippen LogP contribution in [0.15, 0.2) is 23.1 Å². The van der Waals surface area contributed by atoms with E-state index in [2.05, 4.69) is 15.3 Å². The number of amides is 1. The predicted octanol–water partition coefficient (Wildman–Crippen LogP) is 2.06. The van der Waals surface area contributed by atoms with E-state index in [0.29, 0.717) is 24.0 Å². The topological polar surface area (TPSA) is 83.9 Å². The smallest absolute Gasteiger partial charge is 0.264 e. The molecule has 2 aromatic heterocycles. The van der Waals surface area contributed by atoms with Gasteiger partial charge in [0.15, 0.2) is 5.82 Å². The molecule has 0 aliphatic heterocycles. The molecular weight excluding hydrogens is 306 g/mol. The van der Waals surface area contributed by atoms with Gasteiger partial charge in [0.2, 0.25) is 0 Å². The molecule has 0 atom stereocenters. The molecule has 7 heteroatoms. The third-order valence-electron chi connectivity index (χ3n) is 4.74. The predicted molar refractivity (Wildman–Crippen MR) is 90.3 cm³/mol. The molecule has 7 nitrogen and oxygen atoms in total. The van der Waals surface area contributed by atoms with Crippen molar-refractivity contribution >= 4 is 5.91 Å². The Morgan fingerprint density at radius 2 is 2.08 bits per heavy atom. The zero-order chi connectivity index (χ0) is 17.1. The summed E-state index contributed by atoms with van der Waals surface area (Å²) in [6.45, 7) is 4.57. The number of hydrogen-bond donors (Lipinski definition) is 1. The van der Waals surface area contributed by atoms with Gasteiger partial charge in [-0.25, -0.2) is 9.78 Å². The van der Waals surface area contributed by atoms with E-state index in [-0.39, 0.29) is 11.5 Å². The maximum absolute atomic E-state index is 13.0. The van der Waals surface area contributed by atoms with Crippen molar-refractivity contribution in [1.82, 2.24) is 24.9 Å².